The van der Waals surface area contributed by atoms with Crippen molar-refractivity contribution < 1.29 is 19.4 Å². The molecule has 2 heterocycles. The van der Waals surface area contributed by atoms with E-state index in [0.29, 0.717) is 11.3 Å². The second-order valence-corrected chi connectivity index (χ2v) is 8.29. The molecule has 2 aliphatic rings. The molecule has 1 aliphatic heterocycles. The van der Waals surface area contributed by atoms with E-state index in [1.807, 2.05) is 18.4 Å². The summed E-state index contributed by atoms with van der Waals surface area (Å²) in [7, 11) is 1.57. The average molecular weight is 397 g/mol. The fourth-order valence-electron chi connectivity index (χ4n) is 4.24. The summed E-state index contributed by atoms with van der Waals surface area (Å²) in [5, 5.41) is 13.0. The van der Waals surface area contributed by atoms with Gasteiger partial charge in [-0.1, -0.05) is 12.8 Å². The van der Waals surface area contributed by atoms with Crippen molar-refractivity contribution in [3.63, 3.8) is 0 Å². The van der Waals surface area contributed by atoms with Crippen molar-refractivity contribution in [1.29, 1.82) is 0 Å². The number of amides is 1. The zero-order valence-electron chi connectivity index (χ0n) is 16.0. The van der Waals surface area contributed by atoms with Crippen molar-refractivity contribution >= 4 is 28.8 Å². The van der Waals surface area contributed by atoms with Gasteiger partial charge in [0.25, 0.3) is 11.7 Å². The molecule has 1 aromatic heterocycles. The van der Waals surface area contributed by atoms with Gasteiger partial charge in [0.15, 0.2) is 0 Å². The van der Waals surface area contributed by atoms with Crippen molar-refractivity contribution in [3.8, 4) is 5.75 Å². The van der Waals surface area contributed by atoms with Gasteiger partial charge in [0.05, 0.1) is 12.7 Å². The third-order valence-corrected chi connectivity index (χ3v) is 6.78. The van der Waals surface area contributed by atoms with E-state index in [2.05, 4.69) is 0 Å². The molecule has 0 spiro atoms. The number of thiophene rings is 1. The lowest BCUT2D eigenvalue weighted by Crippen LogP contribution is -2.37. The van der Waals surface area contributed by atoms with Gasteiger partial charge in [-0.2, -0.15) is 0 Å². The van der Waals surface area contributed by atoms with E-state index in [0.717, 1.165) is 36.1 Å². The Morgan fingerprint density at radius 3 is 2.39 bits per heavy atom. The Morgan fingerprint density at radius 2 is 1.82 bits per heavy atom. The summed E-state index contributed by atoms with van der Waals surface area (Å²) in [5.74, 6) is -0.564. The molecule has 6 heteroatoms. The van der Waals surface area contributed by atoms with Gasteiger partial charge in [-0.25, -0.2) is 0 Å². The monoisotopic (exact) mass is 397 g/mol. The second-order valence-electron chi connectivity index (χ2n) is 7.34. The third-order valence-electron chi connectivity index (χ3n) is 5.71. The summed E-state index contributed by atoms with van der Waals surface area (Å²) in [6, 6.07) is 8.38. The molecule has 5 nitrogen and oxygen atoms in total. The van der Waals surface area contributed by atoms with Gasteiger partial charge < -0.3 is 14.7 Å². The minimum atomic E-state index is -0.599. The second kappa shape index (κ2) is 7.43. The van der Waals surface area contributed by atoms with E-state index in [-0.39, 0.29) is 17.4 Å². The first-order valence-corrected chi connectivity index (χ1v) is 10.4. The first-order chi connectivity index (χ1) is 13.5. The Bertz CT molecular complexity index is 938. The lowest BCUT2D eigenvalue weighted by atomic mass is 9.97. The number of ether oxygens (including phenoxy) is 1. The zero-order chi connectivity index (χ0) is 19.8. The molecule has 28 heavy (non-hydrogen) atoms. The quantitative estimate of drug-likeness (QED) is 0.471. The predicted octanol–water partition coefficient (Wildman–Crippen LogP) is 4.43. The largest absolute Gasteiger partial charge is 0.507 e. The molecule has 1 unspecified atom stereocenters. The Morgan fingerprint density at radius 1 is 1.14 bits per heavy atom. The van der Waals surface area contributed by atoms with Crippen LogP contribution in [0.4, 0.5) is 0 Å². The maximum atomic E-state index is 13.0. The number of aryl methyl sites for hydroxylation is 1. The van der Waals surface area contributed by atoms with Crippen LogP contribution >= 0.6 is 11.3 Å². The van der Waals surface area contributed by atoms with E-state index >= 15 is 0 Å². The average Bonchev–Trinajstić information content (AvgIpc) is 3.43. The lowest BCUT2D eigenvalue weighted by molar-refractivity contribution is -0.141. The number of carbonyl (C=O) groups is 2. The molecule has 1 amide bonds. The molecule has 4 rings (SSSR count). The molecule has 146 valence electrons. The van der Waals surface area contributed by atoms with E-state index in [4.69, 9.17) is 4.74 Å². The van der Waals surface area contributed by atoms with Gasteiger partial charge >= 0.3 is 0 Å². The standard InChI is InChI=1S/C22H23NO4S/c1-13-11-12-28-21(13)18-17(19(24)14-7-9-16(27-2)10-8-14)20(25)22(26)23(18)15-5-3-4-6-15/h7-12,15,18,24H,3-6H2,1-2H3/b19-17-. The van der Waals surface area contributed by atoms with E-state index in [1.165, 1.54) is 11.3 Å². The molecule has 1 N–H and O–H groups in total. The summed E-state index contributed by atoms with van der Waals surface area (Å²) in [6.45, 7) is 1.98. The number of nitrogens with zero attached hydrogens (tertiary/aromatic N) is 1. The molecule has 1 atom stereocenters. The van der Waals surface area contributed by atoms with Crippen LogP contribution in [0.1, 0.15) is 47.7 Å². The summed E-state index contributed by atoms with van der Waals surface area (Å²) < 4.78 is 5.17. The van der Waals surface area contributed by atoms with Crippen molar-refractivity contribution in [3.05, 3.63) is 57.3 Å². The first kappa shape index (κ1) is 18.7. The summed E-state index contributed by atoms with van der Waals surface area (Å²) in [5.41, 5.74) is 1.72. The van der Waals surface area contributed by atoms with Crippen LogP contribution in [-0.4, -0.2) is 34.8 Å². The van der Waals surface area contributed by atoms with Crippen LogP contribution < -0.4 is 4.74 Å². The van der Waals surface area contributed by atoms with Crippen molar-refractivity contribution in [1.82, 2.24) is 4.90 Å². The summed E-state index contributed by atoms with van der Waals surface area (Å²) in [4.78, 5) is 28.6. The maximum absolute atomic E-state index is 13.0. The van der Waals surface area contributed by atoms with Gasteiger partial charge in [0, 0.05) is 16.5 Å². The maximum Gasteiger partial charge on any atom is 0.295 e. The Kier molecular flexibility index (Phi) is 4.98. The van der Waals surface area contributed by atoms with E-state index in [1.54, 1.807) is 36.3 Å². The smallest absolute Gasteiger partial charge is 0.295 e. The number of methoxy groups -OCH3 is 1. The molecule has 0 bridgehead atoms. The fraction of sp³-hybridized carbons (Fsp3) is 0.364. The molecule has 2 aromatic rings. The molecule has 2 fully saturated rings. The highest BCUT2D eigenvalue weighted by molar-refractivity contribution is 7.10. The molecular weight excluding hydrogens is 374 g/mol. The summed E-state index contributed by atoms with van der Waals surface area (Å²) >= 11 is 1.52. The van der Waals surface area contributed by atoms with E-state index < -0.39 is 17.7 Å². The van der Waals surface area contributed by atoms with Crippen molar-refractivity contribution in [2.24, 2.45) is 0 Å². The molecular formula is C22H23NO4S. The van der Waals surface area contributed by atoms with Crippen molar-refractivity contribution in [2.45, 2.75) is 44.7 Å². The number of aliphatic hydroxyl groups excluding tert-OH is 1. The van der Waals surface area contributed by atoms with Crippen LogP contribution in [0.25, 0.3) is 5.76 Å². The SMILES string of the molecule is COc1ccc(/C(O)=C2/C(=O)C(=O)N(C3CCCC3)C2c2sccc2C)cc1. The topological polar surface area (TPSA) is 66.8 Å². The van der Waals surface area contributed by atoms with Crippen molar-refractivity contribution in [2.75, 3.05) is 7.11 Å². The summed E-state index contributed by atoms with van der Waals surface area (Å²) in [6.07, 6.45) is 3.91. The number of aliphatic hydroxyl groups is 1. The van der Waals surface area contributed by atoms with Crippen LogP contribution in [0.2, 0.25) is 0 Å². The number of ketones is 1. The minimum Gasteiger partial charge on any atom is -0.507 e. The van der Waals surface area contributed by atoms with Gasteiger partial charge in [-0.05, 0) is 61.0 Å². The van der Waals surface area contributed by atoms with Gasteiger partial charge in [-0.15, -0.1) is 11.3 Å². The van der Waals surface area contributed by atoms with Crippen LogP contribution in [0.5, 0.6) is 5.75 Å². The third kappa shape index (κ3) is 3.02. The predicted molar refractivity (Wildman–Crippen MR) is 108 cm³/mol. The number of rotatable bonds is 4. The number of carbonyl (C=O) groups excluding carboxylic acids is 2. The Balaban J connectivity index is 1.86. The van der Waals surface area contributed by atoms with Gasteiger partial charge in [0.2, 0.25) is 0 Å². The number of Topliss-reactive ketones (excluding diaryl/α,β-unsaturated/α-hetero) is 1. The number of benzene rings is 1. The molecule has 1 saturated heterocycles. The number of hydrogen-bond donors (Lipinski definition) is 1. The number of hydrogen-bond acceptors (Lipinski definition) is 5. The van der Waals surface area contributed by atoms with Gasteiger partial charge in [0.1, 0.15) is 17.6 Å². The number of likely N-dealkylation sites (tertiary alicyclic amines) is 1. The molecule has 1 aromatic carbocycles. The first-order valence-electron chi connectivity index (χ1n) is 9.51. The fourth-order valence-corrected chi connectivity index (χ4v) is 5.27. The van der Waals surface area contributed by atoms with Crippen LogP contribution in [0.15, 0.2) is 41.3 Å². The minimum absolute atomic E-state index is 0.0455. The zero-order valence-corrected chi connectivity index (χ0v) is 16.8. The highest BCUT2D eigenvalue weighted by Crippen LogP contribution is 2.45. The van der Waals surface area contributed by atoms with Crippen LogP contribution in [0, 0.1) is 6.92 Å². The van der Waals surface area contributed by atoms with Crippen LogP contribution in [-0.2, 0) is 9.59 Å². The normalized spacial score (nSPS) is 22.2. The highest BCUT2D eigenvalue weighted by Gasteiger charge is 2.49. The van der Waals surface area contributed by atoms with Crippen LogP contribution in [0.3, 0.4) is 0 Å². The molecule has 1 aliphatic carbocycles. The Hall–Kier alpha value is -2.60. The highest BCUT2D eigenvalue weighted by atomic mass is 32.1. The van der Waals surface area contributed by atoms with Gasteiger partial charge in [-0.3, -0.25) is 9.59 Å². The molecule has 1 saturated carbocycles. The lowest BCUT2D eigenvalue weighted by Gasteiger charge is -2.30. The van der Waals surface area contributed by atoms with E-state index in [9.17, 15) is 14.7 Å². The molecule has 0 radical (unpaired) electrons. The Labute approximate surface area is 168 Å².